The van der Waals surface area contributed by atoms with Crippen LogP contribution < -0.4 is 0 Å². The Kier molecular flexibility index (Phi) is 4.85. The molecule has 22 heavy (non-hydrogen) atoms. The summed E-state index contributed by atoms with van der Waals surface area (Å²) in [6, 6.07) is 9.31. The van der Waals surface area contributed by atoms with Crippen LogP contribution in [0.1, 0.15) is 20.7 Å². The molecular weight excluding hydrogens is 566 g/mol. The second-order valence-corrected chi connectivity index (χ2v) is 8.51. The summed E-state index contributed by atoms with van der Waals surface area (Å²) in [6.07, 6.45) is 0. The van der Waals surface area contributed by atoms with Crippen molar-refractivity contribution in [3.05, 3.63) is 59.3 Å². The summed E-state index contributed by atoms with van der Waals surface area (Å²) in [4.78, 5) is 26.1. The average molecular weight is 571 g/mol. The van der Waals surface area contributed by atoms with Crippen LogP contribution in [-0.2, 0) is 0 Å². The van der Waals surface area contributed by atoms with Crippen molar-refractivity contribution in [2.45, 2.75) is 4.90 Å². The summed E-state index contributed by atoms with van der Waals surface area (Å²) in [6.45, 7) is 0. The zero-order valence-corrected chi connectivity index (χ0v) is 17.7. The molecule has 0 aromatic heterocycles. The van der Waals surface area contributed by atoms with Gasteiger partial charge in [-0.2, -0.15) is 0 Å². The molecule has 3 nitrogen and oxygen atoms in total. The van der Waals surface area contributed by atoms with Crippen LogP contribution >= 0.6 is 75.7 Å². The molecule has 0 atom stereocenters. The maximum atomic E-state index is 12.6. The van der Waals surface area contributed by atoms with Gasteiger partial charge in [0.15, 0.2) is 0 Å². The van der Waals surface area contributed by atoms with E-state index in [1.54, 1.807) is 0 Å². The fourth-order valence-corrected chi connectivity index (χ4v) is 5.29. The highest BCUT2D eigenvalue weighted by molar-refractivity contribution is 9.15. The van der Waals surface area contributed by atoms with E-state index in [0.29, 0.717) is 29.0 Å². The number of hydrogen-bond acceptors (Lipinski definition) is 3. The molecule has 2 aromatic rings. The number of nitrogens with zero attached hydrogens (tertiary/aromatic N) is 1. The zero-order chi connectivity index (χ0) is 16.0. The minimum atomic E-state index is -0.338. The Morgan fingerprint density at radius 2 is 1.18 bits per heavy atom. The lowest BCUT2D eigenvalue weighted by molar-refractivity contribution is 0.0776. The van der Waals surface area contributed by atoms with Gasteiger partial charge in [0.05, 0.1) is 11.1 Å². The van der Waals surface area contributed by atoms with E-state index in [1.165, 1.54) is 4.31 Å². The van der Waals surface area contributed by atoms with E-state index in [1.807, 2.05) is 30.3 Å². The van der Waals surface area contributed by atoms with Gasteiger partial charge in [0.1, 0.15) is 0 Å². The third kappa shape index (κ3) is 2.62. The van der Waals surface area contributed by atoms with E-state index in [0.717, 1.165) is 16.8 Å². The minimum Gasteiger partial charge on any atom is -0.268 e. The lowest BCUT2D eigenvalue weighted by Gasteiger charge is -2.11. The molecule has 0 bridgehead atoms. The number of carbonyl (C=O) groups is 2. The van der Waals surface area contributed by atoms with Gasteiger partial charge in [0.2, 0.25) is 0 Å². The molecule has 1 aliphatic rings. The molecule has 0 unspecified atom stereocenters. The molecule has 0 saturated carbocycles. The molecule has 0 spiro atoms. The molecule has 0 radical (unpaired) electrons. The fraction of sp³-hybridized carbons (Fsp3) is 0. The van der Waals surface area contributed by atoms with Crippen molar-refractivity contribution >= 4 is 87.5 Å². The van der Waals surface area contributed by atoms with Crippen LogP contribution in [-0.4, -0.2) is 16.1 Å². The summed E-state index contributed by atoms with van der Waals surface area (Å²) in [5.41, 5.74) is 0.714. The van der Waals surface area contributed by atoms with Gasteiger partial charge >= 0.3 is 0 Å². The van der Waals surface area contributed by atoms with Crippen molar-refractivity contribution in [3.63, 3.8) is 0 Å². The Balaban J connectivity index is 2.10. The Morgan fingerprint density at radius 3 is 1.64 bits per heavy atom. The quantitative estimate of drug-likeness (QED) is 0.191. The lowest BCUT2D eigenvalue weighted by atomic mass is 10.1. The Morgan fingerprint density at radius 1 is 0.727 bits per heavy atom. The summed E-state index contributed by atoms with van der Waals surface area (Å²) in [7, 11) is 0. The van der Waals surface area contributed by atoms with Gasteiger partial charge in [-0.3, -0.25) is 9.59 Å². The van der Waals surface area contributed by atoms with Gasteiger partial charge in [0, 0.05) is 22.8 Å². The third-order valence-electron chi connectivity index (χ3n) is 3.00. The lowest BCUT2D eigenvalue weighted by Crippen LogP contribution is -2.22. The number of hydrogen-bond donors (Lipinski definition) is 0. The highest BCUT2D eigenvalue weighted by Crippen LogP contribution is 2.46. The second-order valence-electron chi connectivity index (χ2n) is 4.31. The molecule has 0 aliphatic carbocycles. The van der Waals surface area contributed by atoms with Crippen LogP contribution in [0, 0.1) is 0 Å². The molecular formula is C14H5Br4NO2S. The van der Waals surface area contributed by atoms with Crippen molar-refractivity contribution < 1.29 is 9.59 Å². The number of amides is 2. The number of halogens is 4. The van der Waals surface area contributed by atoms with Crippen molar-refractivity contribution in [2.75, 3.05) is 0 Å². The molecule has 0 fully saturated rings. The largest absolute Gasteiger partial charge is 0.273 e. The van der Waals surface area contributed by atoms with E-state index in [9.17, 15) is 9.59 Å². The molecule has 1 aliphatic heterocycles. The molecule has 3 rings (SSSR count). The monoisotopic (exact) mass is 567 g/mol. The molecule has 2 aromatic carbocycles. The smallest absolute Gasteiger partial charge is 0.268 e. The van der Waals surface area contributed by atoms with Crippen LogP contribution in [0.25, 0.3) is 0 Å². The number of rotatable bonds is 2. The number of carbonyl (C=O) groups excluding carboxylic acids is 2. The van der Waals surface area contributed by atoms with Gasteiger partial charge in [-0.15, -0.1) is 0 Å². The zero-order valence-electron chi connectivity index (χ0n) is 10.6. The molecule has 0 saturated heterocycles. The summed E-state index contributed by atoms with van der Waals surface area (Å²) in [5, 5.41) is 0. The average Bonchev–Trinajstić information content (AvgIpc) is 2.76. The molecule has 0 N–H and O–H groups in total. The van der Waals surface area contributed by atoms with Crippen LogP contribution in [0.5, 0.6) is 0 Å². The highest BCUT2D eigenvalue weighted by atomic mass is 79.9. The maximum absolute atomic E-state index is 12.6. The first kappa shape index (κ1) is 16.7. The number of benzene rings is 2. The van der Waals surface area contributed by atoms with E-state index in [-0.39, 0.29) is 11.8 Å². The first-order valence-corrected chi connectivity index (χ1v) is 9.85. The maximum Gasteiger partial charge on any atom is 0.273 e. The summed E-state index contributed by atoms with van der Waals surface area (Å²) in [5.74, 6) is -0.677. The molecule has 112 valence electrons. The minimum absolute atomic E-state index is 0.338. The molecule has 2 amide bonds. The van der Waals surface area contributed by atoms with Crippen molar-refractivity contribution in [3.8, 4) is 0 Å². The van der Waals surface area contributed by atoms with Crippen molar-refractivity contribution in [2.24, 2.45) is 0 Å². The van der Waals surface area contributed by atoms with Gasteiger partial charge in [-0.25, -0.2) is 4.31 Å². The van der Waals surface area contributed by atoms with Gasteiger partial charge in [0.25, 0.3) is 11.8 Å². The van der Waals surface area contributed by atoms with Gasteiger partial charge in [-0.05, 0) is 87.8 Å². The van der Waals surface area contributed by atoms with E-state index < -0.39 is 0 Å². The van der Waals surface area contributed by atoms with Crippen LogP contribution in [0.15, 0.2) is 53.1 Å². The molecule has 1 heterocycles. The Labute approximate surface area is 164 Å². The Bertz CT molecular complexity index is 763. The van der Waals surface area contributed by atoms with Crippen LogP contribution in [0.2, 0.25) is 0 Å². The third-order valence-corrected chi connectivity index (χ3v) is 8.77. The first-order chi connectivity index (χ1) is 10.4. The van der Waals surface area contributed by atoms with E-state index in [4.69, 9.17) is 0 Å². The summed E-state index contributed by atoms with van der Waals surface area (Å²) < 4.78 is 3.67. The predicted octanol–water partition coefficient (Wildman–Crippen LogP) is 6.04. The number of fused-ring (bicyclic) bond motifs is 1. The second kappa shape index (κ2) is 6.39. The predicted molar refractivity (Wildman–Crippen MR) is 100 cm³/mol. The normalized spacial score (nSPS) is 13.7. The van der Waals surface area contributed by atoms with E-state index in [2.05, 4.69) is 63.7 Å². The first-order valence-electron chi connectivity index (χ1n) is 5.91. The standard InChI is InChI=1S/C14H5Br4NO2S/c15-9-7-8(10(16)12(18)11(9)17)14(21)19(13(7)20)22-6-4-2-1-3-5-6/h1-5H. The van der Waals surface area contributed by atoms with Crippen LogP contribution in [0.4, 0.5) is 0 Å². The van der Waals surface area contributed by atoms with Crippen molar-refractivity contribution in [1.29, 1.82) is 0 Å². The van der Waals surface area contributed by atoms with Gasteiger partial charge < -0.3 is 0 Å². The van der Waals surface area contributed by atoms with Gasteiger partial charge in [-0.1, -0.05) is 18.2 Å². The van der Waals surface area contributed by atoms with E-state index >= 15 is 0 Å². The topological polar surface area (TPSA) is 37.4 Å². The SMILES string of the molecule is O=C1c2c(Br)c(Br)c(Br)c(Br)c2C(=O)N1Sc1ccccc1. The number of imide groups is 1. The fourth-order valence-electron chi connectivity index (χ4n) is 2.00. The summed E-state index contributed by atoms with van der Waals surface area (Å²) >= 11 is 14.7. The van der Waals surface area contributed by atoms with Crippen LogP contribution in [0.3, 0.4) is 0 Å². The molecule has 8 heteroatoms. The Hall–Kier alpha value is -0.150. The van der Waals surface area contributed by atoms with Crippen molar-refractivity contribution in [1.82, 2.24) is 4.31 Å². The highest BCUT2D eigenvalue weighted by Gasteiger charge is 2.41.